The number of halogens is 1. The minimum atomic E-state index is 0. The van der Waals surface area contributed by atoms with Crippen molar-refractivity contribution in [2.45, 2.75) is 25.3 Å². The summed E-state index contributed by atoms with van der Waals surface area (Å²) >= 11 is 0. The molecule has 1 aliphatic heterocycles. The van der Waals surface area contributed by atoms with Gasteiger partial charge in [0, 0.05) is 12.2 Å². The normalized spacial score (nSPS) is 20.1. The van der Waals surface area contributed by atoms with E-state index in [0.29, 0.717) is 6.04 Å². The van der Waals surface area contributed by atoms with Crippen LogP contribution in [0.25, 0.3) is 11.2 Å². The number of hydrogen-bond acceptors (Lipinski definition) is 4. The Hall–Kier alpha value is -1.33. The van der Waals surface area contributed by atoms with Gasteiger partial charge in [0.2, 0.25) is 5.95 Å². The number of hydrogen-bond donors (Lipinski definition) is 3. The number of nitrogens with zero attached hydrogens (tertiary/aromatic N) is 2. The molecule has 1 fully saturated rings. The Kier molecular flexibility index (Phi) is 4.38. The van der Waals surface area contributed by atoms with Crippen LogP contribution >= 0.6 is 12.4 Å². The van der Waals surface area contributed by atoms with Crippen LogP contribution in [0.2, 0.25) is 0 Å². The number of aromatic amines is 1. The van der Waals surface area contributed by atoms with Gasteiger partial charge in [0.1, 0.15) is 0 Å². The fraction of sp³-hybridized carbons (Fsp3) is 0.500. The Morgan fingerprint density at radius 2 is 2.22 bits per heavy atom. The molecule has 2 aromatic heterocycles. The first-order chi connectivity index (χ1) is 8.42. The van der Waals surface area contributed by atoms with E-state index in [0.717, 1.165) is 36.6 Å². The van der Waals surface area contributed by atoms with Crippen molar-refractivity contribution < 1.29 is 0 Å². The average Bonchev–Trinajstić information content (AvgIpc) is 2.57. The molecular weight excluding hydrogens is 250 g/mol. The fourth-order valence-corrected chi connectivity index (χ4v) is 2.27. The number of nitrogens with one attached hydrogen (secondary N) is 3. The summed E-state index contributed by atoms with van der Waals surface area (Å²) in [6.07, 6.45) is 5.32. The molecule has 0 bridgehead atoms. The van der Waals surface area contributed by atoms with Crippen LogP contribution < -0.4 is 10.6 Å². The summed E-state index contributed by atoms with van der Waals surface area (Å²) in [6.45, 7) is 2.20. The first-order valence-electron chi connectivity index (χ1n) is 6.20. The predicted octanol–water partition coefficient (Wildman–Crippen LogP) is 1.93. The lowest BCUT2D eigenvalue weighted by atomic mass is 10.1. The van der Waals surface area contributed by atoms with Gasteiger partial charge < -0.3 is 15.6 Å². The highest BCUT2D eigenvalue weighted by atomic mass is 35.5. The molecular formula is C12H18ClN5. The minimum Gasteiger partial charge on any atom is -0.353 e. The molecule has 1 atom stereocenters. The summed E-state index contributed by atoms with van der Waals surface area (Å²) in [4.78, 5) is 11.9. The lowest BCUT2D eigenvalue weighted by Crippen LogP contribution is -2.22. The van der Waals surface area contributed by atoms with Gasteiger partial charge in [-0.1, -0.05) is 0 Å². The molecule has 0 saturated carbocycles. The third kappa shape index (κ3) is 2.91. The molecule has 0 aliphatic carbocycles. The first kappa shape index (κ1) is 13.1. The number of imidazole rings is 1. The molecule has 1 unspecified atom stereocenters. The van der Waals surface area contributed by atoms with Crippen molar-refractivity contribution in [3.8, 4) is 0 Å². The zero-order valence-corrected chi connectivity index (χ0v) is 11.0. The number of aromatic nitrogens is 3. The van der Waals surface area contributed by atoms with Crippen LogP contribution in [-0.4, -0.2) is 34.1 Å². The van der Waals surface area contributed by atoms with Gasteiger partial charge in [-0.05, 0) is 44.5 Å². The second-order valence-electron chi connectivity index (χ2n) is 4.48. The van der Waals surface area contributed by atoms with Gasteiger partial charge in [0.15, 0.2) is 5.65 Å². The second-order valence-corrected chi connectivity index (χ2v) is 4.48. The zero-order valence-electron chi connectivity index (χ0n) is 10.1. The monoisotopic (exact) mass is 267 g/mol. The lowest BCUT2D eigenvalue weighted by molar-refractivity contribution is 0.633. The maximum Gasteiger partial charge on any atom is 0.202 e. The van der Waals surface area contributed by atoms with Crippen LogP contribution in [0.5, 0.6) is 0 Å². The maximum absolute atomic E-state index is 4.44. The summed E-state index contributed by atoms with van der Waals surface area (Å²) in [5.41, 5.74) is 1.77. The Labute approximate surface area is 112 Å². The number of anilines is 1. The molecule has 18 heavy (non-hydrogen) atoms. The molecule has 1 saturated heterocycles. The quantitative estimate of drug-likeness (QED) is 0.778. The van der Waals surface area contributed by atoms with Gasteiger partial charge in [-0.15, -0.1) is 12.4 Å². The number of H-pyrrole nitrogens is 1. The highest BCUT2D eigenvalue weighted by molar-refractivity contribution is 5.85. The van der Waals surface area contributed by atoms with Crippen molar-refractivity contribution in [2.24, 2.45) is 0 Å². The Balaban J connectivity index is 0.00000120. The average molecular weight is 268 g/mol. The van der Waals surface area contributed by atoms with Crippen molar-refractivity contribution in [2.75, 3.05) is 18.4 Å². The Morgan fingerprint density at radius 3 is 3.11 bits per heavy atom. The van der Waals surface area contributed by atoms with Gasteiger partial charge in [0.05, 0.1) is 5.52 Å². The van der Waals surface area contributed by atoms with E-state index in [4.69, 9.17) is 0 Å². The maximum atomic E-state index is 4.44. The summed E-state index contributed by atoms with van der Waals surface area (Å²) in [6, 6.07) is 4.42. The van der Waals surface area contributed by atoms with E-state index in [1.54, 1.807) is 6.20 Å². The third-order valence-corrected chi connectivity index (χ3v) is 3.17. The molecule has 1 aliphatic rings. The van der Waals surface area contributed by atoms with Crippen molar-refractivity contribution >= 4 is 29.5 Å². The van der Waals surface area contributed by atoms with E-state index in [9.17, 15) is 0 Å². The van der Waals surface area contributed by atoms with Gasteiger partial charge in [-0.25, -0.2) is 4.98 Å². The SMILES string of the molecule is Cl.c1cnc2nc(NC3CCCNCC3)[nH]c2c1. The highest BCUT2D eigenvalue weighted by Crippen LogP contribution is 2.15. The van der Waals surface area contributed by atoms with Crippen molar-refractivity contribution in [3.63, 3.8) is 0 Å². The van der Waals surface area contributed by atoms with E-state index in [-0.39, 0.29) is 12.4 Å². The Morgan fingerprint density at radius 1 is 1.28 bits per heavy atom. The van der Waals surface area contributed by atoms with Crippen LogP contribution in [0.4, 0.5) is 5.95 Å². The van der Waals surface area contributed by atoms with Crippen molar-refractivity contribution in [1.29, 1.82) is 0 Å². The fourth-order valence-electron chi connectivity index (χ4n) is 2.27. The molecule has 3 heterocycles. The lowest BCUT2D eigenvalue weighted by Gasteiger charge is -2.14. The molecule has 98 valence electrons. The molecule has 2 aromatic rings. The number of fused-ring (bicyclic) bond motifs is 1. The van der Waals surface area contributed by atoms with E-state index >= 15 is 0 Å². The molecule has 0 radical (unpaired) electrons. The summed E-state index contributed by atoms with van der Waals surface area (Å²) < 4.78 is 0. The molecule has 5 nitrogen and oxygen atoms in total. The molecule has 0 aromatic carbocycles. The molecule has 3 rings (SSSR count). The summed E-state index contributed by atoms with van der Waals surface area (Å²) in [5.74, 6) is 0.839. The standard InChI is InChI=1S/C12H17N5.ClH/c1-3-9(5-8-13-6-1)15-12-16-10-4-2-7-14-11(10)17-12;/h2,4,7,9,13H,1,3,5-6,8H2,(H2,14,15,16,17);1H. The Bertz CT molecular complexity index is 457. The molecule has 0 amide bonds. The van der Waals surface area contributed by atoms with Crippen LogP contribution in [0.3, 0.4) is 0 Å². The van der Waals surface area contributed by atoms with E-state index < -0.39 is 0 Å². The van der Waals surface area contributed by atoms with Crippen LogP contribution in [-0.2, 0) is 0 Å². The predicted molar refractivity (Wildman–Crippen MR) is 75.3 cm³/mol. The van der Waals surface area contributed by atoms with E-state index in [2.05, 4.69) is 25.6 Å². The van der Waals surface area contributed by atoms with Crippen LogP contribution in [0, 0.1) is 0 Å². The number of pyridine rings is 1. The van der Waals surface area contributed by atoms with Crippen LogP contribution in [0.1, 0.15) is 19.3 Å². The third-order valence-electron chi connectivity index (χ3n) is 3.17. The van der Waals surface area contributed by atoms with Gasteiger partial charge in [-0.2, -0.15) is 4.98 Å². The van der Waals surface area contributed by atoms with E-state index in [1.807, 2.05) is 12.1 Å². The summed E-state index contributed by atoms with van der Waals surface area (Å²) in [7, 11) is 0. The largest absolute Gasteiger partial charge is 0.353 e. The van der Waals surface area contributed by atoms with Crippen LogP contribution in [0.15, 0.2) is 18.3 Å². The number of rotatable bonds is 2. The zero-order chi connectivity index (χ0) is 11.5. The van der Waals surface area contributed by atoms with E-state index in [1.165, 1.54) is 12.8 Å². The molecule has 3 N–H and O–H groups in total. The smallest absolute Gasteiger partial charge is 0.202 e. The second kappa shape index (κ2) is 6.02. The molecule has 6 heteroatoms. The topological polar surface area (TPSA) is 65.6 Å². The van der Waals surface area contributed by atoms with Crippen molar-refractivity contribution in [3.05, 3.63) is 18.3 Å². The minimum absolute atomic E-state index is 0. The molecule has 0 spiro atoms. The van der Waals surface area contributed by atoms with Gasteiger partial charge in [-0.3, -0.25) is 0 Å². The van der Waals surface area contributed by atoms with Gasteiger partial charge in [0.25, 0.3) is 0 Å². The highest BCUT2D eigenvalue weighted by Gasteiger charge is 2.13. The van der Waals surface area contributed by atoms with Crippen molar-refractivity contribution in [1.82, 2.24) is 20.3 Å². The first-order valence-corrected chi connectivity index (χ1v) is 6.20. The summed E-state index contributed by atoms with van der Waals surface area (Å²) in [5, 5.41) is 6.87. The van der Waals surface area contributed by atoms with Gasteiger partial charge >= 0.3 is 0 Å².